The highest BCUT2D eigenvalue weighted by molar-refractivity contribution is 7.13. The largest absolute Gasteiger partial charge is 0.132 e. The molecule has 3 heteroatoms. The highest BCUT2D eigenvalue weighted by Crippen LogP contribution is 1.93. The van der Waals surface area contributed by atoms with Crippen LogP contribution < -0.4 is 0 Å². The van der Waals surface area contributed by atoms with Crippen molar-refractivity contribution >= 4 is 9.39 Å². The van der Waals surface area contributed by atoms with Gasteiger partial charge in [-0.1, -0.05) is 0 Å². The van der Waals surface area contributed by atoms with Gasteiger partial charge in [-0.25, -0.2) is 0 Å². The molecule has 32 valence electrons. The van der Waals surface area contributed by atoms with Crippen LogP contribution in [0.3, 0.4) is 0 Å². The minimum Gasteiger partial charge on any atom is -0.132 e. The van der Waals surface area contributed by atoms with Crippen LogP contribution in [-0.4, -0.2) is 11.4 Å². The van der Waals surface area contributed by atoms with Crippen molar-refractivity contribution in [2.24, 2.45) is 0 Å². The molecule has 1 unspecified atom stereocenters. The summed E-state index contributed by atoms with van der Waals surface area (Å²) >= 11 is 0. The maximum atomic E-state index is 11.2. The van der Waals surface area contributed by atoms with Gasteiger partial charge in [0.25, 0.3) is 0 Å². The Morgan fingerprint density at radius 1 is 2.00 bits per heavy atom. The number of rotatable bonds is 1. The molecule has 1 nitrogen and oxygen atoms in total. The lowest BCUT2D eigenvalue weighted by Crippen LogP contribution is -1.92. The average Bonchev–Trinajstić information content (AvgIpc) is 1.38. The first-order valence-electron chi connectivity index (χ1n) is 1.45. The molecule has 0 rings (SSSR count). The normalized spacial score (nSPS) is 9.60. The first kappa shape index (κ1) is 5.32. The highest BCUT2D eigenvalue weighted by atomic mass is 31.0. The summed E-state index contributed by atoms with van der Waals surface area (Å²) < 4.78 is 11.2. The van der Waals surface area contributed by atoms with Gasteiger partial charge in [0.1, 0.15) is 0 Å². The molecule has 0 aliphatic heterocycles. The van der Waals surface area contributed by atoms with Crippen LogP contribution in [0.1, 0.15) is 6.92 Å². The molecule has 0 heterocycles. The van der Waals surface area contributed by atoms with E-state index in [1.807, 2.05) is 9.39 Å². The standard InChI is InChI=1S/C2H7FNP/c1-2-4(3)5/h2,5H2,1H3. The monoisotopic (exact) mass is 95.0 g/mol. The van der Waals surface area contributed by atoms with Crippen molar-refractivity contribution in [3.8, 4) is 0 Å². The first-order valence-corrected chi connectivity index (χ1v) is 1.97. The summed E-state index contributed by atoms with van der Waals surface area (Å²) in [5.74, 6) is 0. The Balaban J connectivity index is 2.54. The second-order valence-electron chi connectivity index (χ2n) is 0.716. The van der Waals surface area contributed by atoms with Crippen molar-refractivity contribution in [1.29, 1.82) is 0 Å². The predicted molar refractivity (Wildman–Crippen MR) is 23.2 cm³/mol. The van der Waals surface area contributed by atoms with Crippen LogP contribution in [0.4, 0.5) is 4.48 Å². The fourth-order valence-electron chi connectivity index (χ4n) is 0. The Morgan fingerprint density at radius 2 is 2.20 bits per heavy atom. The Bertz CT molecular complexity index is 23.6. The van der Waals surface area contributed by atoms with Crippen LogP contribution in [0.25, 0.3) is 0 Å². The van der Waals surface area contributed by atoms with Crippen LogP contribution in [0.2, 0.25) is 0 Å². The van der Waals surface area contributed by atoms with Gasteiger partial charge in [-0.15, -0.1) is 9.37 Å². The number of hydrogen-bond acceptors (Lipinski definition) is 1. The lowest BCUT2D eigenvalue weighted by Gasteiger charge is -1.92. The van der Waals surface area contributed by atoms with E-state index < -0.39 is 0 Å². The summed E-state index contributed by atoms with van der Waals surface area (Å²) in [6, 6.07) is 0. The molecule has 5 heavy (non-hydrogen) atoms. The van der Waals surface area contributed by atoms with Crippen LogP contribution in [0, 0.1) is 0 Å². The minimum atomic E-state index is 0.435. The van der Waals surface area contributed by atoms with Gasteiger partial charge in [-0.2, -0.15) is 0 Å². The van der Waals surface area contributed by atoms with Gasteiger partial charge < -0.3 is 0 Å². The van der Waals surface area contributed by atoms with E-state index in [4.69, 9.17) is 0 Å². The summed E-state index contributed by atoms with van der Waals surface area (Å²) in [7, 11) is 1.90. The van der Waals surface area contributed by atoms with Crippen LogP contribution >= 0.6 is 9.39 Å². The van der Waals surface area contributed by atoms with E-state index in [-0.39, 0.29) is 0 Å². The number of nitrogens with zero attached hydrogens (tertiary/aromatic N) is 1. The third-order valence-electron chi connectivity index (χ3n) is 0.302. The van der Waals surface area contributed by atoms with Gasteiger partial charge in [0.2, 0.25) is 0 Å². The van der Waals surface area contributed by atoms with Crippen LogP contribution in [0.15, 0.2) is 0 Å². The van der Waals surface area contributed by atoms with Crippen molar-refractivity contribution in [3.05, 3.63) is 0 Å². The Labute approximate surface area is 33.4 Å². The van der Waals surface area contributed by atoms with Gasteiger partial charge in [0.15, 0.2) is 0 Å². The highest BCUT2D eigenvalue weighted by Gasteiger charge is 1.78. The van der Waals surface area contributed by atoms with Gasteiger partial charge in [0.05, 0.1) is 0 Å². The zero-order valence-corrected chi connectivity index (χ0v) is 4.26. The van der Waals surface area contributed by atoms with Crippen molar-refractivity contribution in [3.63, 3.8) is 0 Å². The van der Waals surface area contributed by atoms with Gasteiger partial charge in [0, 0.05) is 6.54 Å². The molecule has 0 amide bonds. The topological polar surface area (TPSA) is 3.24 Å². The minimum absolute atomic E-state index is 0.435. The molecule has 0 saturated heterocycles. The molecule has 0 saturated carbocycles. The molecule has 1 atom stereocenters. The number of hydrogen-bond donors (Lipinski definition) is 0. The predicted octanol–water partition coefficient (Wildman–Crippen LogP) is 0.983. The van der Waals surface area contributed by atoms with Crippen molar-refractivity contribution in [2.45, 2.75) is 6.92 Å². The summed E-state index contributed by atoms with van der Waals surface area (Å²) in [4.78, 5) is 0.542. The fraction of sp³-hybridized carbons (Fsp3) is 1.00. The Hall–Kier alpha value is 0.320. The number of halogens is 1. The zero-order valence-electron chi connectivity index (χ0n) is 3.11. The van der Waals surface area contributed by atoms with E-state index in [1.165, 1.54) is 0 Å². The van der Waals surface area contributed by atoms with Crippen molar-refractivity contribution < 1.29 is 4.48 Å². The molecule has 0 aromatic rings. The molecule has 0 aromatic heterocycles. The second kappa shape index (κ2) is 2.55. The van der Waals surface area contributed by atoms with E-state index in [0.29, 0.717) is 11.4 Å². The summed E-state index contributed by atoms with van der Waals surface area (Å²) in [6.45, 7) is 2.16. The molecular formula is C2H7FNP. The van der Waals surface area contributed by atoms with Crippen LogP contribution in [0.5, 0.6) is 0 Å². The SMILES string of the molecule is CCN(F)P. The summed E-state index contributed by atoms with van der Waals surface area (Å²) in [5.41, 5.74) is 0. The van der Waals surface area contributed by atoms with E-state index >= 15 is 0 Å². The third kappa shape index (κ3) is 4.32. The summed E-state index contributed by atoms with van der Waals surface area (Å²) in [5, 5.41) is 0. The van der Waals surface area contributed by atoms with Gasteiger partial charge >= 0.3 is 0 Å². The fourth-order valence-corrected chi connectivity index (χ4v) is 0. The maximum absolute atomic E-state index is 11.2. The maximum Gasteiger partial charge on any atom is 0.0297 e. The second-order valence-corrected chi connectivity index (χ2v) is 1.28. The lowest BCUT2D eigenvalue weighted by molar-refractivity contribution is 0.167. The van der Waals surface area contributed by atoms with Crippen molar-refractivity contribution in [2.75, 3.05) is 6.54 Å². The molecule has 0 bridgehead atoms. The Kier molecular flexibility index (Phi) is 2.71. The van der Waals surface area contributed by atoms with Gasteiger partial charge in [-0.3, -0.25) is 0 Å². The first-order chi connectivity index (χ1) is 2.27. The van der Waals surface area contributed by atoms with Gasteiger partial charge in [-0.05, 0) is 16.3 Å². The Morgan fingerprint density at radius 3 is 2.20 bits per heavy atom. The molecule has 0 radical (unpaired) electrons. The van der Waals surface area contributed by atoms with E-state index in [9.17, 15) is 4.48 Å². The van der Waals surface area contributed by atoms with Crippen LogP contribution in [-0.2, 0) is 0 Å². The quantitative estimate of drug-likeness (QED) is 0.346. The van der Waals surface area contributed by atoms with Crippen molar-refractivity contribution in [1.82, 2.24) is 4.89 Å². The molecular weight excluding hydrogens is 88.0 g/mol. The molecule has 0 aliphatic carbocycles. The molecule has 0 aliphatic rings. The molecule has 0 N–H and O–H groups in total. The van der Waals surface area contributed by atoms with E-state index in [2.05, 4.69) is 0 Å². The van der Waals surface area contributed by atoms with E-state index in [0.717, 1.165) is 0 Å². The third-order valence-corrected chi connectivity index (χ3v) is 0.667. The lowest BCUT2D eigenvalue weighted by atomic mass is 10.8. The molecule has 0 aromatic carbocycles. The zero-order chi connectivity index (χ0) is 4.28. The molecule has 0 spiro atoms. The smallest absolute Gasteiger partial charge is 0.0297 e. The summed E-state index contributed by atoms with van der Waals surface area (Å²) in [6.07, 6.45) is 0. The molecule has 0 fully saturated rings. The average molecular weight is 95.1 g/mol. The van der Waals surface area contributed by atoms with E-state index in [1.54, 1.807) is 6.92 Å².